The first-order valence-electron chi connectivity index (χ1n) is 7.83. The lowest BCUT2D eigenvalue weighted by molar-refractivity contribution is 0.618. The minimum atomic E-state index is 0.187. The quantitative estimate of drug-likeness (QED) is 0.808. The van der Waals surface area contributed by atoms with Gasteiger partial charge in [0.15, 0.2) is 0 Å². The van der Waals surface area contributed by atoms with Crippen LogP contribution >= 0.6 is 35.0 Å². The molecule has 0 fully saturated rings. The number of halogens is 2. The van der Waals surface area contributed by atoms with Crippen LogP contribution in [0.25, 0.3) is 0 Å². The lowest BCUT2D eigenvalue weighted by atomic mass is 9.99. The van der Waals surface area contributed by atoms with Gasteiger partial charge in [-0.25, -0.2) is 0 Å². The van der Waals surface area contributed by atoms with Crippen LogP contribution < -0.4 is 5.32 Å². The Morgan fingerprint density at radius 3 is 2.87 bits per heavy atom. The van der Waals surface area contributed by atoms with Crippen molar-refractivity contribution in [2.24, 2.45) is 13.0 Å². The summed E-state index contributed by atoms with van der Waals surface area (Å²) in [4.78, 5) is 0. The number of nitrogens with one attached hydrogen (secondary N) is 1. The fraction of sp³-hybridized carbons (Fsp3) is 0.471. The van der Waals surface area contributed by atoms with Crippen LogP contribution in [0.1, 0.15) is 35.9 Å². The van der Waals surface area contributed by atoms with Crippen LogP contribution in [0.4, 0.5) is 5.82 Å². The molecule has 1 N–H and O–H groups in total. The van der Waals surface area contributed by atoms with Crippen molar-refractivity contribution in [3.05, 3.63) is 45.1 Å². The van der Waals surface area contributed by atoms with Crippen LogP contribution in [0.5, 0.6) is 0 Å². The molecule has 124 valence electrons. The number of fused-ring (bicyclic) bond motifs is 1. The van der Waals surface area contributed by atoms with Gasteiger partial charge in [-0.05, 0) is 30.0 Å². The van der Waals surface area contributed by atoms with Crippen LogP contribution in [0.3, 0.4) is 0 Å². The maximum Gasteiger partial charge on any atom is 0.128 e. The second kappa shape index (κ2) is 6.96. The minimum absolute atomic E-state index is 0.187. The van der Waals surface area contributed by atoms with E-state index in [4.69, 9.17) is 28.3 Å². The maximum absolute atomic E-state index is 6.50. The molecule has 1 aromatic heterocycles. The third-order valence-electron chi connectivity index (χ3n) is 3.95. The molecule has 0 spiro atoms. The van der Waals surface area contributed by atoms with Gasteiger partial charge in [0, 0.05) is 35.0 Å². The molecule has 0 saturated heterocycles. The fourth-order valence-corrected chi connectivity index (χ4v) is 4.84. The first kappa shape index (κ1) is 17.0. The Labute approximate surface area is 151 Å². The number of anilines is 1. The van der Waals surface area contributed by atoms with Crippen molar-refractivity contribution < 1.29 is 0 Å². The van der Waals surface area contributed by atoms with Gasteiger partial charge in [0.25, 0.3) is 0 Å². The third kappa shape index (κ3) is 3.49. The lowest BCUT2D eigenvalue weighted by Crippen LogP contribution is -2.06. The van der Waals surface area contributed by atoms with E-state index in [0.717, 1.165) is 40.8 Å². The third-order valence-corrected chi connectivity index (χ3v) is 5.77. The lowest BCUT2D eigenvalue weighted by Gasteiger charge is -2.18. The summed E-state index contributed by atoms with van der Waals surface area (Å²) in [6.45, 7) is 5.38. The van der Waals surface area contributed by atoms with Gasteiger partial charge in [-0.3, -0.25) is 4.68 Å². The first-order valence-corrected chi connectivity index (χ1v) is 9.64. The summed E-state index contributed by atoms with van der Waals surface area (Å²) in [6.07, 6.45) is 0.965. The van der Waals surface area contributed by atoms with Crippen molar-refractivity contribution in [2.45, 2.75) is 25.5 Å². The standard InChI is InChI=1S/C17H21Cl2N3S/c1-10(2)8-14-15-16(12-5-4-11(18)9-13(12)19)23-7-6-20-17(15)22(3)21-14/h4-5,9-10,16,20H,6-8H2,1-3H3. The predicted molar refractivity (Wildman–Crippen MR) is 101 cm³/mol. The zero-order valence-corrected chi connectivity index (χ0v) is 15.9. The highest BCUT2D eigenvalue weighted by Crippen LogP contribution is 2.45. The second-order valence-corrected chi connectivity index (χ2v) is 8.33. The largest absolute Gasteiger partial charge is 0.369 e. The smallest absolute Gasteiger partial charge is 0.128 e. The van der Waals surface area contributed by atoms with E-state index in [1.807, 2.05) is 41.7 Å². The summed E-state index contributed by atoms with van der Waals surface area (Å²) in [7, 11) is 2.01. The molecule has 2 heterocycles. The summed E-state index contributed by atoms with van der Waals surface area (Å²) in [5.74, 6) is 2.70. The molecule has 1 aromatic carbocycles. The van der Waals surface area contributed by atoms with Crippen LogP contribution in [0, 0.1) is 5.92 Å². The Hall–Kier alpha value is -0.840. The topological polar surface area (TPSA) is 29.9 Å². The Bertz CT molecular complexity index is 712. The Balaban J connectivity index is 2.13. The number of benzene rings is 1. The van der Waals surface area contributed by atoms with Crippen LogP contribution in [0.2, 0.25) is 10.0 Å². The molecule has 1 atom stereocenters. The highest BCUT2D eigenvalue weighted by molar-refractivity contribution is 7.99. The molecule has 3 nitrogen and oxygen atoms in total. The molecule has 23 heavy (non-hydrogen) atoms. The number of aryl methyl sites for hydroxylation is 1. The molecule has 0 aliphatic carbocycles. The van der Waals surface area contributed by atoms with E-state index in [9.17, 15) is 0 Å². The van der Waals surface area contributed by atoms with E-state index in [1.165, 1.54) is 5.56 Å². The summed E-state index contributed by atoms with van der Waals surface area (Å²) in [6, 6.07) is 5.79. The highest BCUT2D eigenvalue weighted by Gasteiger charge is 2.29. The van der Waals surface area contributed by atoms with Crippen LogP contribution in [0.15, 0.2) is 18.2 Å². The molecule has 3 rings (SSSR count). The predicted octanol–water partition coefficient (Wildman–Crippen LogP) is 5.17. The van der Waals surface area contributed by atoms with Gasteiger partial charge in [-0.2, -0.15) is 5.10 Å². The second-order valence-electron chi connectivity index (χ2n) is 6.27. The van der Waals surface area contributed by atoms with Crippen LogP contribution in [-0.4, -0.2) is 22.1 Å². The van der Waals surface area contributed by atoms with E-state index in [2.05, 4.69) is 19.2 Å². The highest BCUT2D eigenvalue weighted by atomic mass is 35.5. The van der Waals surface area contributed by atoms with Crippen molar-refractivity contribution in [1.82, 2.24) is 9.78 Å². The van der Waals surface area contributed by atoms with Crippen molar-refractivity contribution in [3.8, 4) is 0 Å². The normalized spacial score (nSPS) is 17.7. The number of hydrogen-bond acceptors (Lipinski definition) is 3. The van der Waals surface area contributed by atoms with Crippen molar-refractivity contribution in [1.29, 1.82) is 0 Å². The summed E-state index contributed by atoms with van der Waals surface area (Å²) >= 11 is 14.5. The minimum Gasteiger partial charge on any atom is -0.369 e. The Morgan fingerprint density at radius 1 is 1.39 bits per heavy atom. The van der Waals surface area contributed by atoms with Gasteiger partial charge >= 0.3 is 0 Å². The first-order chi connectivity index (χ1) is 11.0. The molecule has 2 aromatic rings. The monoisotopic (exact) mass is 369 g/mol. The maximum atomic E-state index is 6.50. The number of aromatic nitrogens is 2. The van der Waals surface area contributed by atoms with Crippen molar-refractivity contribution in [3.63, 3.8) is 0 Å². The SMILES string of the molecule is CC(C)Cc1nn(C)c2c1C(c1ccc(Cl)cc1Cl)SCCN2. The van der Waals surface area contributed by atoms with Gasteiger partial charge in [-0.1, -0.05) is 43.1 Å². The van der Waals surface area contributed by atoms with Gasteiger partial charge in [0.2, 0.25) is 0 Å². The van der Waals surface area contributed by atoms with Crippen molar-refractivity contribution >= 4 is 40.8 Å². The Kier molecular flexibility index (Phi) is 5.14. The van der Waals surface area contributed by atoms with E-state index in [1.54, 1.807) is 0 Å². The van der Waals surface area contributed by atoms with Crippen LogP contribution in [-0.2, 0) is 13.5 Å². The zero-order chi connectivity index (χ0) is 16.6. The molecule has 0 saturated carbocycles. The fourth-order valence-electron chi connectivity index (χ4n) is 3.01. The molecule has 0 bridgehead atoms. The summed E-state index contributed by atoms with van der Waals surface area (Å²) in [5.41, 5.74) is 3.55. The molecule has 0 amide bonds. The van der Waals surface area contributed by atoms with Gasteiger partial charge in [-0.15, -0.1) is 11.8 Å². The number of thioether (sulfide) groups is 1. The van der Waals surface area contributed by atoms with Gasteiger partial charge in [0.05, 0.1) is 10.9 Å². The molecule has 0 radical (unpaired) electrons. The van der Waals surface area contributed by atoms with E-state index in [0.29, 0.717) is 10.9 Å². The van der Waals surface area contributed by atoms with E-state index >= 15 is 0 Å². The average Bonchev–Trinajstić information content (AvgIpc) is 2.65. The number of hydrogen-bond donors (Lipinski definition) is 1. The van der Waals surface area contributed by atoms with Gasteiger partial charge in [0.1, 0.15) is 5.82 Å². The van der Waals surface area contributed by atoms with E-state index < -0.39 is 0 Å². The van der Waals surface area contributed by atoms with Gasteiger partial charge < -0.3 is 5.32 Å². The molecular weight excluding hydrogens is 349 g/mol. The Morgan fingerprint density at radius 2 is 2.17 bits per heavy atom. The summed E-state index contributed by atoms with van der Waals surface area (Å²) < 4.78 is 1.97. The molecule has 1 unspecified atom stereocenters. The number of nitrogens with zero attached hydrogens (tertiary/aromatic N) is 2. The number of rotatable bonds is 3. The summed E-state index contributed by atoms with van der Waals surface area (Å²) in [5, 5.41) is 9.88. The van der Waals surface area contributed by atoms with E-state index in [-0.39, 0.29) is 5.25 Å². The molecule has 6 heteroatoms. The molecule has 1 aliphatic rings. The molecular formula is C17H21Cl2N3S. The van der Waals surface area contributed by atoms with Crippen molar-refractivity contribution in [2.75, 3.05) is 17.6 Å². The zero-order valence-electron chi connectivity index (χ0n) is 13.6. The molecule has 1 aliphatic heterocycles. The average molecular weight is 370 g/mol.